The summed E-state index contributed by atoms with van der Waals surface area (Å²) in [6.45, 7) is 0.111. The van der Waals surface area contributed by atoms with Gasteiger partial charge in [0.15, 0.2) is 0 Å². The molecule has 3 amide bonds. The van der Waals surface area contributed by atoms with Crippen molar-refractivity contribution < 1.29 is 32.7 Å². The molecule has 4 N–H and O–H groups in total. The third kappa shape index (κ3) is 6.81. The van der Waals surface area contributed by atoms with Crippen LogP contribution < -0.4 is 11.1 Å². The van der Waals surface area contributed by atoms with E-state index in [1.54, 1.807) is 0 Å². The molecule has 7 nitrogen and oxygen atoms in total. The van der Waals surface area contributed by atoms with Crippen molar-refractivity contribution in [2.24, 2.45) is 11.7 Å². The highest BCUT2D eigenvalue weighted by atomic mass is 19.4. The summed E-state index contributed by atoms with van der Waals surface area (Å²) in [6.07, 6.45) is -4.75. The van der Waals surface area contributed by atoms with Crippen LogP contribution in [-0.4, -0.2) is 53.2 Å². The van der Waals surface area contributed by atoms with Gasteiger partial charge in [0.2, 0.25) is 5.91 Å². The summed E-state index contributed by atoms with van der Waals surface area (Å²) in [5, 5.41) is 10.6. The lowest BCUT2D eigenvalue weighted by molar-refractivity contribution is -0.167. The lowest BCUT2D eigenvalue weighted by Gasteiger charge is -2.28. The Labute approximate surface area is 112 Å². The van der Waals surface area contributed by atoms with E-state index in [1.165, 1.54) is 13.8 Å². The molecule has 0 aliphatic rings. The number of carbonyl (C=O) groups is 3. The quantitative estimate of drug-likeness (QED) is 0.648. The number of amides is 3. The Balaban J connectivity index is 5.15. The minimum absolute atomic E-state index is 0.114. The van der Waals surface area contributed by atoms with Gasteiger partial charge in [0, 0.05) is 0 Å². The standard InChI is InChI=1S/C10H16F3N3O4/c1-5(2)7(15-9(14)20)8(19)16(3-6(17)18)4-10(11,12)13/h5,7H,3-4H2,1-2H3,(H,17,18)(H3,14,15,20). The van der Waals surface area contributed by atoms with Gasteiger partial charge in [-0.25, -0.2) is 4.79 Å². The molecule has 116 valence electrons. The van der Waals surface area contributed by atoms with Crippen molar-refractivity contribution in [1.82, 2.24) is 10.2 Å². The van der Waals surface area contributed by atoms with Gasteiger partial charge in [-0.3, -0.25) is 9.59 Å². The molecule has 0 bridgehead atoms. The molecule has 1 atom stereocenters. The molecule has 0 saturated heterocycles. The van der Waals surface area contributed by atoms with Crippen LogP contribution in [0.3, 0.4) is 0 Å². The second-order valence-electron chi connectivity index (χ2n) is 4.43. The molecular formula is C10H16F3N3O4. The first-order valence-electron chi connectivity index (χ1n) is 5.57. The van der Waals surface area contributed by atoms with Crippen molar-refractivity contribution in [3.05, 3.63) is 0 Å². The molecule has 0 aromatic heterocycles. The van der Waals surface area contributed by atoms with Gasteiger partial charge in [0.25, 0.3) is 0 Å². The predicted molar refractivity (Wildman–Crippen MR) is 61.6 cm³/mol. The zero-order chi connectivity index (χ0) is 16.1. The molecule has 0 aliphatic heterocycles. The van der Waals surface area contributed by atoms with E-state index in [2.05, 4.69) is 0 Å². The largest absolute Gasteiger partial charge is 0.480 e. The van der Waals surface area contributed by atoms with E-state index in [0.717, 1.165) is 0 Å². The van der Waals surface area contributed by atoms with Crippen LogP contribution in [-0.2, 0) is 9.59 Å². The summed E-state index contributed by atoms with van der Waals surface area (Å²) in [7, 11) is 0. The Morgan fingerprint density at radius 2 is 1.80 bits per heavy atom. The average molecular weight is 299 g/mol. The number of rotatable bonds is 6. The van der Waals surface area contributed by atoms with Crippen molar-refractivity contribution >= 4 is 17.9 Å². The number of primary amides is 1. The number of hydrogen-bond donors (Lipinski definition) is 3. The lowest BCUT2D eigenvalue weighted by Crippen LogP contribution is -2.55. The van der Waals surface area contributed by atoms with Crippen molar-refractivity contribution in [1.29, 1.82) is 0 Å². The van der Waals surface area contributed by atoms with E-state index in [9.17, 15) is 27.6 Å². The third-order valence-electron chi connectivity index (χ3n) is 2.24. The van der Waals surface area contributed by atoms with Crippen molar-refractivity contribution in [3.8, 4) is 0 Å². The van der Waals surface area contributed by atoms with Crippen LogP contribution in [0.15, 0.2) is 0 Å². The highest BCUT2D eigenvalue weighted by Gasteiger charge is 2.37. The molecule has 1 unspecified atom stereocenters. The lowest BCUT2D eigenvalue weighted by atomic mass is 10.0. The van der Waals surface area contributed by atoms with Crippen molar-refractivity contribution in [3.63, 3.8) is 0 Å². The van der Waals surface area contributed by atoms with E-state index >= 15 is 0 Å². The van der Waals surface area contributed by atoms with E-state index < -0.39 is 49.1 Å². The number of urea groups is 1. The average Bonchev–Trinajstić information content (AvgIpc) is 2.20. The second kappa shape index (κ2) is 6.96. The van der Waals surface area contributed by atoms with Crippen molar-refractivity contribution in [2.75, 3.05) is 13.1 Å². The van der Waals surface area contributed by atoms with Crippen LogP contribution in [0.1, 0.15) is 13.8 Å². The number of halogens is 3. The Hall–Kier alpha value is -2.00. The fourth-order valence-electron chi connectivity index (χ4n) is 1.45. The van der Waals surface area contributed by atoms with Crippen molar-refractivity contribution in [2.45, 2.75) is 26.1 Å². The molecular weight excluding hydrogens is 283 g/mol. The summed E-state index contributed by atoms with van der Waals surface area (Å²) >= 11 is 0. The number of nitrogens with zero attached hydrogens (tertiary/aromatic N) is 1. The van der Waals surface area contributed by atoms with Crippen LogP contribution >= 0.6 is 0 Å². The predicted octanol–water partition coefficient (Wildman–Crippen LogP) is 0.155. The molecule has 0 saturated carbocycles. The number of aliphatic carboxylic acids is 1. The first-order valence-corrected chi connectivity index (χ1v) is 5.57. The maximum absolute atomic E-state index is 12.3. The summed E-state index contributed by atoms with van der Waals surface area (Å²) in [4.78, 5) is 33.3. The Bertz CT molecular complexity index is 384. The molecule has 0 aromatic carbocycles. The van der Waals surface area contributed by atoms with Gasteiger partial charge in [0.05, 0.1) is 0 Å². The third-order valence-corrected chi connectivity index (χ3v) is 2.24. The summed E-state index contributed by atoms with van der Waals surface area (Å²) in [6, 6.07) is -2.41. The minimum Gasteiger partial charge on any atom is -0.480 e. The number of hydrogen-bond acceptors (Lipinski definition) is 3. The van der Waals surface area contributed by atoms with Gasteiger partial charge in [-0.05, 0) is 5.92 Å². The van der Waals surface area contributed by atoms with Gasteiger partial charge >= 0.3 is 18.2 Å². The molecule has 20 heavy (non-hydrogen) atoms. The van der Waals surface area contributed by atoms with E-state index in [4.69, 9.17) is 10.8 Å². The number of carboxylic acid groups (broad SMARTS) is 1. The highest BCUT2D eigenvalue weighted by Crippen LogP contribution is 2.18. The molecule has 0 spiro atoms. The van der Waals surface area contributed by atoms with E-state index in [-0.39, 0.29) is 4.90 Å². The summed E-state index contributed by atoms with van der Waals surface area (Å²) in [5.41, 5.74) is 4.84. The molecule has 0 heterocycles. The Morgan fingerprint density at radius 3 is 2.10 bits per heavy atom. The molecule has 10 heteroatoms. The molecule has 0 fully saturated rings. The monoisotopic (exact) mass is 299 g/mol. The number of carboxylic acids is 1. The molecule has 0 rings (SSSR count). The number of nitrogens with two attached hydrogens (primary N) is 1. The van der Waals surface area contributed by atoms with Gasteiger partial charge in [0.1, 0.15) is 19.1 Å². The number of carbonyl (C=O) groups excluding carboxylic acids is 2. The zero-order valence-electron chi connectivity index (χ0n) is 10.9. The number of alkyl halides is 3. The second-order valence-corrected chi connectivity index (χ2v) is 4.43. The van der Waals surface area contributed by atoms with Crippen LogP contribution in [0.2, 0.25) is 0 Å². The molecule has 0 radical (unpaired) electrons. The Kier molecular flexibility index (Phi) is 6.27. The summed E-state index contributed by atoms with van der Waals surface area (Å²) in [5.74, 6) is -3.30. The molecule has 0 aliphatic carbocycles. The smallest absolute Gasteiger partial charge is 0.406 e. The zero-order valence-corrected chi connectivity index (χ0v) is 10.9. The van der Waals surface area contributed by atoms with E-state index in [0.29, 0.717) is 0 Å². The normalized spacial score (nSPS) is 12.9. The van der Waals surface area contributed by atoms with Crippen LogP contribution in [0.5, 0.6) is 0 Å². The van der Waals surface area contributed by atoms with Crippen LogP contribution in [0.4, 0.5) is 18.0 Å². The number of nitrogens with one attached hydrogen (secondary N) is 1. The SMILES string of the molecule is CC(C)C(NC(N)=O)C(=O)N(CC(=O)O)CC(F)(F)F. The molecule has 0 aromatic rings. The highest BCUT2D eigenvalue weighted by molar-refractivity contribution is 5.89. The van der Waals surface area contributed by atoms with Gasteiger partial charge in [-0.15, -0.1) is 0 Å². The Morgan fingerprint density at radius 1 is 1.30 bits per heavy atom. The maximum atomic E-state index is 12.3. The van der Waals surface area contributed by atoms with Crippen LogP contribution in [0, 0.1) is 5.92 Å². The fourth-order valence-corrected chi connectivity index (χ4v) is 1.45. The minimum atomic E-state index is -4.75. The first kappa shape index (κ1) is 18.0. The summed E-state index contributed by atoms with van der Waals surface area (Å²) < 4.78 is 37.0. The fraction of sp³-hybridized carbons (Fsp3) is 0.700. The van der Waals surface area contributed by atoms with Gasteiger partial charge in [-0.1, -0.05) is 13.8 Å². The topological polar surface area (TPSA) is 113 Å². The van der Waals surface area contributed by atoms with Gasteiger partial charge in [-0.2, -0.15) is 13.2 Å². The van der Waals surface area contributed by atoms with Gasteiger partial charge < -0.3 is 21.1 Å². The van der Waals surface area contributed by atoms with Crippen LogP contribution in [0.25, 0.3) is 0 Å². The maximum Gasteiger partial charge on any atom is 0.406 e. The first-order chi connectivity index (χ1) is 8.94. The van der Waals surface area contributed by atoms with E-state index in [1.807, 2.05) is 5.32 Å².